The largest absolute Gasteiger partial charge is 0.497 e. The molecule has 0 fully saturated rings. The van der Waals surface area contributed by atoms with Gasteiger partial charge in [-0.25, -0.2) is 8.78 Å². The number of anilines is 1. The van der Waals surface area contributed by atoms with Crippen LogP contribution in [0.5, 0.6) is 17.2 Å². The smallest absolute Gasteiger partial charge is 0.262 e. The van der Waals surface area contributed by atoms with E-state index in [4.69, 9.17) is 14.2 Å². The third-order valence-electron chi connectivity index (χ3n) is 2.94. The molecule has 23 heavy (non-hydrogen) atoms. The molecule has 5 nitrogen and oxygen atoms in total. The number of methoxy groups -OCH3 is 2. The summed E-state index contributed by atoms with van der Waals surface area (Å²) in [5, 5.41) is 2.60. The molecule has 2 aromatic carbocycles. The van der Waals surface area contributed by atoms with E-state index in [2.05, 4.69) is 5.32 Å². The lowest BCUT2D eigenvalue weighted by molar-refractivity contribution is -0.118. The Hall–Kier alpha value is -2.83. The maximum atomic E-state index is 13.0. The van der Waals surface area contributed by atoms with Crippen LogP contribution in [0.25, 0.3) is 0 Å². The van der Waals surface area contributed by atoms with Crippen LogP contribution in [-0.2, 0) is 4.79 Å². The number of hydrogen-bond donors (Lipinski definition) is 1. The van der Waals surface area contributed by atoms with E-state index in [0.29, 0.717) is 17.2 Å². The predicted molar refractivity (Wildman–Crippen MR) is 80.0 cm³/mol. The van der Waals surface area contributed by atoms with Gasteiger partial charge in [-0.3, -0.25) is 4.79 Å². The molecule has 0 spiro atoms. The Bertz CT molecular complexity index is 706. The Labute approximate surface area is 131 Å². The number of nitrogens with one attached hydrogen (secondary N) is 1. The van der Waals surface area contributed by atoms with E-state index in [1.54, 1.807) is 18.2 Å². The number of halogens is 2. The lowest BCUT2D eigenvalue weighted by atomic mass is 10.2. The molecule has 122 valence electrons. The van der Waals surface area contributed by atoms with Crippen molar-refractivity contribution in [3.8, 4) is 17.2 Å². The van der Waals surface area contributed by atoms with Crippen LogP contribution in [0.4, 0.5) is 14.5 Å². The first-order chi connectivity index (χ1) is 11.0. The average molecular weight is 323 g/mol. The number of carbonyl (C=O) groups is 1. The van der Waals surface area contributed by atoms with Gasteiger partial charge in [-0.2, -0.15) is 0 Å². The second-order valence-corrected chi connectivity index (χ2v) is 4.48. The Balaban J connectivity index is 1.98. The maximum absolute atomic E-state index is 13.0. The number of rotatable bonds is 6. The molecule has 0 heterocycles. The zero-order valence-corrected chi connectivity index (χ0v) is 12.6. The van der Waals surface area contributed by atoms with E-state index >= 15 is 0 Å². The Morgan fingerprint density at radius 2 is 1.74 bits per heavy atom. The quantitative estimate of drug-likeness (QED) is 0.888. The first-order valence-corrected chi connectivity index (χ1v) is 6.63. The highest BCUT2D eigenvalue weighted by Gasteiger charge is 2.10. The van der Waals surface area contributed by atoms with Crippen molar-refractivity contribution in [2.45, 2.75) is 0 Å². The molecule has 2 aromatic rings. The van der Waals surface area contributed by atoms with Crippen molar-refractivity contribution in [3.63, 3.8) is 0 Å². The van der Waals surface area contributed by atoms with Gasteiger partial charge >= 0.3 is 0 Å². The normalized spacial score (nSPS) is 10.1. The summed E-state index contributed by atoms with van der Waals surface area (Å²) in [5.41, 5.74) is 0.437. The Morgan fingerprint density at radius 3 is 2.39 bits per heavy atom. The molecule has 0 radical (unpaired) electrons. The molecule has 0 atom stereocenters. The fourth-order valence-corrected chi connectivity index (χ4v) is 1.80. The van der Waals surface area contributed by atoms with Gasteiger partial charge in [0.25, 0.3) is 5.91 Å². The minimum Gasteiger partial charge on any atom is -0.497 e. The first-order valence-electron chi connectivity index (χ1n) is 6.63. The van der Waals surface area contributed by atoms with Crippen LogP contribution < -0.4 is 19.5 Å². The summed E-state index contributed by atoms with van der Waals surface area (Å²) in [5.74, 6) is -1.44. The van der Waals surface area contributed by atoms with Gasteiger partial charge in [0.15, 0.2) is 18.2 Å². The highest BCUT2D eigenvalue weighted by Crippen LogP contribution is 2.28. The van der Waals surface area contributed by atoms with Crippen molar-refractivity contribution >= 4 is 11.6 Å². The standard InChI is InChI=1S/C16H15F2NO4/c1-21-10-4-6-14(15(8-10)22-2)19-16(20)9-23-11-3-5-12(17)13(18)7-11/h3-8H,9H2,1-2H3,(H,19,20). The number of benzene rings is 2. The van der Waals surface area contributed by atoms with Gasteiger partial charge in [-0.05, 0) is 24.3 Å². The summed E-state index contributed by atoms with van der Waals surface area (Å²) >= 11 is 0. The van der Waals surface area contributed by atoms with Gasteiger partial charge in [0.2, 0.25) is 0 Å². The molecule has 0 aliphatic heterocycles. The molecule has 0 bridgehead atoms. The van der Waals surface area contributed by atoms with Crippen LogP contribution in [0.2, 0.25) is 0 Å². The molecule has 0 saturated heterocycles. The van der Waals surface area contributed by atoms with Crippen molar-refractivity contribution in [2.24, 2.45) is 0 Å². The SMILES string of the molecule is COc1ccc(NC(=O)COc2ccc(F)c(F)c2)c(OC)c1. The second-order valence-electron chi connectivity index (χ2n) is 4.48. The van der Waals surface area contributed by atoms with Gasteiger partial charge in [-0.15, -0.1) is 0 Å². The number of carbonyl (C=O) groups excluding carboxylic acids is 1. The van der Waals surface area contributed by atoms with Gasteiger partial charge in [0.05, 0.1) is 19.9 Å². The average Bonchev–Trinajstić information content (AvgIpc) is 2.56. The predicted octanol–water partition coefficient (Wildman–Crippen LogP) is 3.00. The van der Waals surface area contributed by atoms with Crippen molar-refractivity contribution < 1.29 is 27.8 Å². The lowest BCUT2D eigenvalue weighted by Gasteiger charge is -2.12. The van der Waals surface area contributed by atoms with Crippen molar-refractivity contribution in [3.05, 3.63) is 48.0 Å². The summed E-state index contributed by atoms with van der Waals surface area (Å²) < 4.78 is 41.2. The first kappa shape index (κ1) is 16.5. The lowest BCUT2D eigenvalue weighted by Crippen LogP contribution is -2.20. The molecule has 7 heteroatoms. The van der Waals surface area contributed by atoms with Crippen molar-refractivity contribution in [1.29, 1.82) is 0 Å². The highest BCUT2D eigenvalue weighted by molar-refractivity contribution is 5.93. The monoisotopic (exact) mass is 323 g/mol. The topological polar surface area (TPSA) is 56.8 Å². The van der Waals surface area contributed by atoms with Crippen LogP contribution >= 0.6 is 0 Å². The molecule has 0 aliphatic rings. The van der Waals surface area contributed by atoms with Crippen LogP contribution in [-0.4, -0.2) is 26.7 Å². The molecule has 1 N–H and O–H groups in total. The summed E-state index contributed by atoms with van der Waals surface area (Å²) in [6, 6.07) is 7.93. The van der Waals surface area contributed by atoms with E-state index < -0.39 is 17.5 Å². The third-order valence-corrected chi connectivity index (χ3v) is 2.94. The van der Waals surface area contributed by atoms with E-state index in [0.717, 1.165) is 12.1 Å². The molecule has 0 aromatic heterocycles. The summed E-state index contributed by atoms with van der Waals surface area (Å²) in [7, 11) is 2.98. The van der Waals surface area contributed by atoms with E-state index in [-0.39, 0.29) is 12.4 Å². The molecule has 0 aliphatic carbocycles. The van der Waals surface area contributed by atoms with Crippen LogP contribution in [0.15, 0.2) is 36.4 Å². The summed E-state index contributed by atoms with van der Waals surface area (Å²) in [6.45, 7) is -0.361. The van der Waals surface area contributed by atoms with Gasteiger partial charge in [0, 0.05) is 12.1 Å². The number of hydrogen-bond acceptors (Lipinski definition) is 4. The van der Waals surface area contributed by atoms with Crippen molar-refractivity contribution in [2.75, 3.05) is 26.1 Å². The molecule has 0 unspecified atom stereocenters. The maximum Gasteiger partial charge on any atom is 0.262 e. The minimum atomic E-state index is -1.04. The van der Waals surface area contributed by atoms with Crippen molar-refractivity contribution in [1.82, 2.24) is 0 Å². The van der Waals surface area contributed by atoms with Crippen LogP contribution in [0.1, 0.15) is 0 Å². The third kappa shape index (κ3) is 4.32. The van der Waals surface area contributed by atoms with Gasteiger partial charge < -0.3 is 19.5 Å². The molecule has 1 amide bonds. The molecular formula is C16H15F2NO4. The van der Waals surface area contributed by atoms with Gasteiger partial charge in [0.1, 0.15) is 17.2 Å². The Morgan fingerprint density at radius 1 is 1.00 bits per heavy atom. The number of amides is 1. The summed E-state index contributed by atoms with van der Waals surface area (Å²) in [4.78, 5) is 11.9. The number of ether oxygens (including phenoxy) is 3. The zero-order valence-electron chi connectivity index (χ0n) is 12.6. The minimum absolute atomic E-state index is 0.0562. The van der Waals surface area contributed by atoms with Crippen LogP contribution in [0.3, 0.4) is 0 Å². The van der Waals surface area contributed by atoms with Gasteiger partial charge in [-0.1, -0.05) is 0 Å². The molecule has 0 saturated carbocycles. The summed E-state index contributed by atoms with van der Waals surface area (Å²) in [6.07, 6.45) is 0. The van der Waals surface area contributed by atoms with E-state index in [9.17, 15) is 13.6 Å². The fourth-order valence-electron chi connectivity index (χ4n) is 1.80. The molecule has 2 rings (SSSR count). The van der Waals surface area contributed by atoms with E-state index in [1.165, 1.54) is 20.3 Å². The van der Waals surface area contributed by atoms with E-state index in [1.807, 2.05) is 0 Å². The Kier molecular flexibility index (Phi) is 5.35. The zero-order chi connectivity index (χ0) is 16.8. The second kappa shape index (κ2) is 7.44. The fraction of sp³-hybridized carbons (Fsp3) is 0.188. The van der Waals surface area contributed by atoms with Crippen LogP contribution in [0, 0.1) is 11.6 Å². The molecular weight excluding hydrogens is 308 g/mol. The highest BCUT2D eigenvalue weighted by atomic mass is 19.2.